The van der Waals surface area contributed by atoms with E-state index < -0.39 is 0 Å². The molecule has 150 valence electrons. The number of rotatable bonds is 6. The lowest BCUT2D eigenvalue weighted by Crippen LogP contribution is -2.41. The minimum Gasteiger partial charge on any atom is -0.325 e. The number of hydrogen-bond donors (Lipinski definition) is 1. The Bertz CT molecular complexity index is 1150. The van der Waals surface area contributed by atoms with Crippen LogP contribution < -0.4 is 5.32 Å². The number of nitrogens with zero attached hydrogens (tertiary/aromatic N) is 1. The fraction of sp³-hybridized carbons (Fsp3) is 0.167. The zero-order valence-corrected chi connectivity index (χ0v) is 16.5. The Morgan fingerprint density at radius 3 is 2.13 bits per heavy atom. The highest BCUT2D eigenvalue weighted by molar-refractivity contribution is 6.25. The van der Waals surface area contributed by atoms with E-state index in [9.17, 15) is 19.2 Å². The van der Waals surface area contributed by atoms with Gasteiger partial charge in [-0.25, -0.2) is 0 Å². The van der Waals surface area contributed by atoms with Gasteiger partial charge >= 0.3 is 0 Å². The molecule has 0 fully saturated rings. The third kappa shape index (κ3) is 3.48. The van der Waals surface area contributed by atoms with Crippen LogP contribution in [0.15, 0.2) is 60.7 Å². The maximum Gasteiger partial charge on any atom is 0.261 e. The van der Waals surface area contributed by atoms with Crippen LogP contribution in [0.3, 0.4) is 0 Å². The summed E-state index contributed by atoms with van der Waals surface area (Å²) in [6.07, 6.45) is 0.443. The Labute approximate surface area is 173 Å². The highest BCUT2D eigenvalue weighted by atomic mass is 16.2. The van der Waals surface area contributed by atoms with E-state index >= 15 is 0 Å². The summed E-state index contributed by atoms with van der Waals surface area (Å²) in [5, 5.41) is 4.28. The fourth-order valence-electron chi connectivity index (χ4n) is 3.79. The molecule has 0 spiro atoms. The molecule has 1 aliphatic rings. The first-order valence-electron chi connectivity index (χ1n) is 9.75. The van der Waals surface area contributed by atoms with Crippen molar-refractivity contribution in [3.63, 3.8) is 0 Å². The molecule has 1 N–H and O–H groups in total. The summed E-state index contributed by atoms with van der Waals surface area (Å²) in [7, 11) is 0. The van der Waals surface area contributed by atoms with E-state index in [0.717, 1.165) is 5.39 Å². The zero-order chi connectivity index (χ0) is 21.3. The highest BCUT2D eigenvalue weighted by Gasteiger charge is 2.32. The maximum absolute atomic E-state index is 12.9. The molecule has 6 nitrogen and oxygen atoms in total. The van der Waals surface area contributed by atoms with E-state index in [1.807, 2.05) is 12.1 Å². The van der Waals surface area contributed by atoms with Crippen LogP contribution >= 0.6 is 0 Å². The van der Waals surface area contributed by atoms with Gasteiger partial charge in [-0.1, -0.05) is 36.4 Å². The van der Waals surface area contributed by atoms with Crippen molar-refractivity contribution in [2.75, 3.05) is 11.9 Å². The van der Waals surface area contributed by atoms with Crippen LogP contribution in [0.1, 0.15) is 50.8 Å². The number of amides is 3. The molecule has 1 aliphatic heterocycles. The van der Waals surface area contributed by atoms with Gasteiger partial charge in [0.25, 0.3) is 11.8 Å². The average Bonchev–Trinajstić information content (AvgIpc) is 2.74. The van der Waals surface area contributed by atoms with Crippen LogP contribution in [0.4, 0.5) is 5.69 Å². The summed E-state index contributed by atoms with van der Waals surface area (Å²) in [4.78, 5) is 51.0. The van der Waals surface area contributed by atoms with Crippen LogP contribution in [-0.4, -0.2) is 34.9 Å². The third-order valence-corrected chi connectivity index (χ3v) is 5.22. The number of hydrogen-bond acceptors (Lipinski definition) is 4. The van der Waals surface area contributed by atoms with Crippen LogP contribution in [0, 0.1) is 0 Å². The van der Waals surface area contributed by atoms with Gasteiger partial charge in [-0.05, 0) is 43.0 Å². The largest absolute Gasteiger partial charge is 0.325 e. The molecule has 0 radical (unpaired) electrons. The monoisotopic (exact) mass is 400 g/mol. The summed E-state index contributed by atoms with van der Waals surface area (Å²) < 4.78 is 0. The van der Waals surface area contributed by atoms with E-state index in [4.69, 9.17) is 0 Å². The molecule has 3 aromatic rings. The lowest BCUT2D eigenvalue weighted by molar-refractivity contribution is -0.116. The van der Waals surface area contributed by atoms with Gasteiger partial charge in [-0.15, -0.1) is 0 Å². The Morgan fingerprint density at radius 2 is 1.50 bits per heavy atom. The number of carbonyl (C=O) groups is 4. The van der Waals surface area contributed by atoms with E-state index in [2.05, 4.69) is 5.32 Å². The average molecular weight is 400 g/mol. The lowest BCUT2D eigenvalue weighted by Gasteiger charge is -2.27. The van der Waals surface area contributed by atoms with E-state index in [1.165, 1.54) is 11.8 Å². The van der Waals surface area contributed by atoms with Gasteiger partial charge in [0.15, 0.2) is 5.78 Å². The molecule has 30 heavy (non-hydrogen) atoms. The quantitative estimate of drug-likeness (QED) is 0.500. The fourth-order valence-corrected chi connectivity index (χ4v) is 3.79. The van der Waals surface area contributed by atoms with Crippen molar-refractivity contribution >= 4 is 40.0 Å². The van der Waals surface area contributed by atoms with Gasteiger partial charge in [0.2, 0.25) is 5.91 Å². The number of anilines is 1. The van der Waals surface area contributed by atoms with Crippen molar-refractivity contribution in [2.45, 2.75) is 19.8 Å². The lowest BCUT2D eigenvalue weighted by atomic mass is 9.94. The van der Waals surface area contributed by atoms with E-state index in [0.29, 0.717) is 34.2 Å². The molecule has 0 atom stereocenters. The van der Waals surface area contributed by atoms with Crippen molar-refractivity contribution in [3.8, 4) is 0 Å². The number of ketones is 1. The summed E-state index contributed by atoms with van der Waals surface area (Å²) in [5.41, 5.74) is 1.91. The molecule has 6 heteroatoms. The molecule has 1 heterocycles. The molecule has 0 bridgehead atoms. The predicted molar refractivity (Wildman–Crippen MR) is 114 cm³/mol. The second-order valence-electron chi connectivity index (χ2n) is 7.22. The number of benzene rings is 3. The summed E-state index contributed by atoms with van der Waals surface area (Å²) in [6, 6.07) is 17.6. The normalized spacial score (nSPS) is 12.9. The first-order valence-corrected chi connectivity index (χ1v) is 9.75. The molecule has 3 aromatic carbocycles. The third-order valence-electron chi connectivity index (χ3n) is 5.22. The molecule has 3 amide bonds. The minimum atomic E-state index is -0.341. The SMILES string of the molecule is CC(=O)c1ccccc1NC(=O)CCCN1C(=O)c2cccc3cccc(c23)C1=O. The molecule has 0 saturated heterocycles. The molecule has 4 rings (SSSR count). The highest BCUT2D eigenvalue weighted by Crippen LogP contribution is 2.30. The van der Waals surface area contributed by atoms with Gasteiger partial charge in [0, 0.05) is 35.0 Å². The smallest absolute Gasteiger partial charge is 0.261 e. The van der Waals surface area contributed by atoms with Gasteiger partial charge < -0.3 is 5.32 Å². The summed E-state index contributed by atoms with van der Waals surface area (Å²) >= 11 is 0. The first-order chi connectivity index (χ1) is 14.5. The predicted octanol–water partition coefficient (Wildman–Crippen LogP) is 4.06. The maximum atomic E-state index is 12.9. The van der Waals surface area contributed by atoms with Gasteiger partial charge in [0.05, 0.1) is 5.69 Å². The Balaban J connectivity index is 1.44. The molecule has 0 aliphatic carbocycles. The Kier molecular flexibility index (Phi) is 5.14. The van der Waals surface area contributed by atoms with Crippen molar-refractivity contribution in [1.29, 1.82) is 0 Å². The van der Waals surface area contributed by atoms with Crippen LogP contribution in [-0.2, 0) is 4.79 Å². The van der Waals surface area contributed by atoms with Gasteiger partial charge in [0.1, 0.15) is 0 Å². The minimum absolute atomic E-state index is 0.120. The van der Waals surface area contributed by atoms with E-state index in [-0.39, 0.29) is 36.5 Å². The van der Waals surface area contributed by atoms with Gasteiger partial charge in [-0.3, -0.25) is 24.1 Å². The molecule has 0 unspecified atom stereocenters. The second-order valence-corrected chi connectivity index (χ2v) is 7.22. The standard InChI is InChI=1S/C24H20N2O4/c1-15(27)17-9-2-3-12-20(17)25-21(28)13-6-14-26-23(29)18-10-4-7-16-8-5-11-19(22(16)18)24(26)30/h2-5,7-12H,6,13-14H2,1H3,(H,25,28). The topological polar surface area (TPSA) is 83.6 Å². The second kappa shape index (κ2) is 7.91. The Hall–Kier alpha value is -3.80. The number of imide groups is 1. The Morgan fingerprint density at radius 1 is 0.867 bits per heavy atom. The molecular weight excluding hydrogens is 380 g/mol. The summed E-state index contributed by atoms with van der Waals surface area (Å²) in [5.74, 6) is -1.09. The van der Waals surface area contributed by atoms with Crippen LogP contribution in [0.25, 0.3) is 10.8 Å². The van der Waals surface area contributed by atoms with Crippen LogP contribution in [0.5, 0.6) is 0 Å². The zero-order valence-electron chi connectivity index (χ0n) is 16.5. The number of para-hydroxylation sites is 1. The van der Waals surface area contributed by atoms with Crippen molar-refractivity contribution in [3.05, 3.63) is 77.4 Å². The molecule has 0 saturated carbocycles. The van der Waals surface area contributed by atoms with Crippen molar-refractivity contribution in [2.24, 2.45) is 0 Å². The first kappa shape index (κ1) is 19.5. The van der Waals surface area contributed by atoms with Crippen molar-refractivity contribution < 1.29 is 19.2 Å². The molecule has 0 aromatic heterocycles. The van der Waals surface area contributed by atoms with Crippen LogP contribution in [0.2, 0.25) is 0 Å². The molecular formula is C24H20N2O4. The number of nitrogens with one attached hydrogen (secondary N) is 1. The summed E-state index contributed by atoms with van der Waals surface area (Å²) in [6.45, 7) is 1.58. The van der Waals surface area contributed by atoms with E-state index in [1.54, 1.807) is 48.5 Å². The number of carbonyl (C=O) groups excluding carboxylic acids is 4. The van der Waals surface area contributed by atoms with Gasteiger partial charge in [-0.2, -0.15) is 0 Å². The van der Waals surface area contributed by atoms with Crippen molar-refractivity contribution in [1.82, 2.24) is 4.90 Å². The number of Topliss-reactive ketones (excluding diaryl/α,β-unsaturated/α-hetero) is 1.